The summed E-state index contributed by atoms with van der Waals surface area (Å²) in [5.74, 6) is 0.868. The van der Waals surface area contributed by atoms with Gasteiger partial charge in [-0.25, -0.2) is 4.98 Å². The predicted octanol–water partition coefficient (Wildman–Crippen LogP) is 4.95. The van der Waals surface area contributed by atoms with E-state index in [2.05, 4.69) is 25.7 Å². The van der Waals surface area contributed by atoms with E-state index < -0.39 is 6.04 Å². The summed E-state index contributed by atoms with van der Waals surface area (Å²) in [5.41, 5.74) is 2.49. The van der Waals surface area contributed by atoms with Crippen LogP contribution < -0.4 is 10.1 Å². The molecule has 0 saturated carbocycles. The first-order chi connectivity index (χ1) is 16.5. The molecule has 0 saturated heterocycles. The molecule has 2 heterocycles. The predicted molar refractivity (Wildman–Crippen MR) is 126 cm³/mol. The van der Waals surface area contributed by atoms with E-state index >= 15 is 0 Å². The van der Waals surface area contributed by atoms with Gasteiger partial charge in [-0.05, 0) is 78.7 Å². The Hall–Kier alpha value is -4.29. The number of rotatable bonds is 7. The summed E-state index contributed by atoms with van der Waals surface area (Å²) in [5, 5.41) is 25.3. The molecule has 9 nitrogen and oxygen atoms in total. The zero-order valence-electron chi connectivity index (χ0n) is 18.4. The summed E-state index contributed by atoms with van der Waals surface area (Å²) < 4.78 is 5.74. The van der Waals surface area contributed by atoms with Gasteiger partial charge in [0.2, 0.25) is 11.7 Å². The molecule has 4 aromatic rings. The first-order valence-corrected chi connectivity index (χ1v) is 10.9. The average molecular weight is 474 g/mol. The van der Waals surface area contributed by atoms with Gasteiger partial charge < -0.3 is 10.1 Å². The van der Waals surface area contributed by atoms with E-state index in [9.17, 15) is 10.1 Å². The molecule has 4 rings (SSSR count). The van der Waals surface area contributed by atoms with Crippen molar-refractivity contribution in [1.29, 1.82) is 5.26 Å². The number of nitrogens with zero attached hydrogens (tertiary/aromatic N) is 6. The third-order valence-corrected chi connectivity index (χ3v) is 5.31. The topological polar surface area (TPSA) is 119 Å². The van der Waals surface area contributed by atoms with Crippen molar-refractivity contribution < 1.29 is 9.53 Å². The first kappa shape index (κ1) is 22.9. The van der Waals surface area contributed by atoms with Crippen LogP contribution in [-0.2, 0) is 4.79 Å². The molecule has 1 amide bonds. The van der Waals surface area contributed by atoms with Crippen LogP contribution in [0.3, 0.4) is 0 Å². The minimum Gasteiger partial charge on any atom is -0.438 e. The maximum Gasteiger partial charge on any atom is 0.251 e. The summed E-state index contributed by atoms with van der Waals surface area (Å²) in [6, 6.07) is 17.0. The molecular formula is C24H20ClN7O2. The van der Waals surface area contributed by atoms with Gasteiger partial charge >= 0.3 is 0 Å². The van der Waals surface area contributed by atoms with Crippen LogP contribution in [0, 0.1) is 18.3 Å². The zero-order valence-corrected chi connectivity index (χ0v) is 19.2. The Bertz CT molecular complexity index is 1360. The van der Waals surface area contributed by atoms with Gasteiger partial charge in [0.15, 0.2) is 6.04 Å². The lowest BCUT2D eigenvalue weighted by atomic mass is 10.1. The van der Waals surface area contributed by atoms with E-state index in [0.29, 0.717) is 34.3 Å². The van der Waals surface area contributed by atoms with E-state index in [1.165, 1.54) is 4.80 Å². The van der Waals surface area contributed by atoms with Crippen LogP contribution in [0.25, 0.3) is 11.4 Å². The lowest BCUT2D eigenvalue weighted by Gasteiger charge is -2.15. The zero-order chi connectivity index (χ0) is 24.1. The van der Waals surface area contributed by atoms with E-state index in [1.807, 2.05) is 19.9 Å². The number of carbonyl (C=O) groups is 1. The SMILES string of the molecule is CCC(C(=O)Nc1ccc(Oc2ncccc2C#N)cc1C)n1nnc(-c2ccc(Cl)cc2)n1. The van der Waals surface area contributed by atoms with Gasteiger partial charge in [0.25, 0.3) is 5.91 Å². The van der Waals surface area contributed by atoms with Crippen molar-refractivity contribution in [3.8, 4) is 29.1 Å². The number of ether oxygens (including phenoxy) is 1. The molecule has 0 aliphatic heterocycles. The van der Waals surface area contributed by atoms with E-state index in [0.717, 1.165) is 11.1 Å². The van der Waals surface area contributed by atoms with Crippen molar-refractivity contribution in [3.63, 3.8) is 0 Å². The van der Waals surface area contributed by atoms with Crippen molar-refractivity contribution in [1.82, 2.24) is 25.2 Å². The van der Waals surface area contributed by atoms with Crippen molar-refractivity contribution >= 4 is 23.2 Å². The maximum atomic E-state index is 13.0. The van der Waals surface area contributed by atoms with E-state index in [1.54, 1.807) is 60.8 Å². The summed E-state index contributed by atoms with van der Waals surface area (Å²) >= 11 is 5.93. The number of aryl methyl sites for hydroxylation is 1. The molecule has 170 valence electrons. The molecule has 1 unspecified atom stereocenters. The molecule has 0 spiro atoms. The van der Waals surface area contributed by atoms with Gasteiger partial charge in [-0.2, -0.15) is 10.1 Å². The van der Waals surface area contributed by atoms with Crippen LogP contribution in [0.15, 0.2) is 60.8 Å². The standard InChI is InChI=1S/C24H20ClN7O2/c1-3-21(32-30-22(29-31-32)16-6-8-18(25)9-7-16)23(33)28-20-11-10-19(13-15(20)2)34-24-17(14-26)5-4-12-27-24/h4-13,21H,3H2,1-2H3,(H,28,33). The smallest absolute Gasteiger partial charge is 0.251 e. The second kappa shape index (κ2) is 10.1. The average Bonchev–Trinajstić information content (AvgIpc) is 3.32. The molecular weight excluding hydrogens is 454 g/mol. The summed E-state index contributed by atoms with van der Waals surface area (Å²) in [7, 11) is 0. The largest absolute Gasteiger partial charge is 0.438 e. The molecule has 2 aromatic carbocycles. The first-order valence-electron chi connectivity index (χ1n) is 10.5. The van der Waals surface area contributed by atoms with Gasteiger partial charge in [-0.15, -0.1) is 10.2 Å². The maximum absolute atomic E-state index is 13.0. The summed E-state index contributed by atoms with van der Waals surface area (Å²) in [6.07, 6.45) is 2.03. The van der Waals surface area contributed by atoms with Crippen LogP contribution in [0.2, 0.25) is 5.02 Å². The lowest BCUT2D eigenvalue weighted by Crippen LogP contribution is -2.27. The van der Waals surface area contributed by atoms with Gasteiger partial charge in [-0.3, -0.25) is 4.79 Å². The number of carbonyl (C=O) groups excluding carboxylic acids is 1. The molecule has 34 heavy (non-hydrogen) atoms. The number of aromatic nitrogens is 5. The number of benzene rings is 2. The number of nitriles is 1. The number of hydrogen-bond acceptors (Lipinski definition) is 7. The number of pyridine rings is 1. The number of hydrogen-bond donors (Lipinski definition) is 1. The number of tetrazole rings is 1. The normalized spacial score (nSPS) is 11.5. The lowest BCUT2D eigenvalue weighted by molar-refractivity contribution is -0.120. The molecule has 0 aliphatic carbocycles. The fourth-order valence-corrected chi connectivity index (χ4v) is 3.38. The molecule has 0 radical (unpaired) electrons. The highest BCUT2D eigenvalue weighted by Gasteiger charge is 2.23. The second-order valence-electron chi connectivity index (χ2n) is 7.40. The summed E-state index contributed by atoms with van der Waals surface area (Å²) in [6.45, 7) is 3.72. The Morgan fingerprint density at radius 1 is 1.24 bits per heavy atom. The molecule has 10 heteroatoms. The van der Waals surface area contributed by atoms with Gasteiger partial charge in [0, 0.05) is 22.5 Å². The fraction of sp³-hybridized carbons (Fsp3) is 0.167. The fourth-order valence-electron chi connectivity index (χ4n) is 3.25. The quantitative estimate of drug-likeness (QED) is 0.403. The molecule has 0 aliphatic rings. The summed E-state index contributed by atoms with van der Waals surface area (Å²) in [4.78, 5) is 18.4. The Kier molecular flexibility index (Phi) is 6.80. The monoisotopic (exact) mass is 473 g/mol. The number of amides is 1. The van der Waals surface area contributed by atoms with Gasteiger partial charge in [0.1, 0.15) is 17.4 Å². The van der Waals surface area contributed by atoms with Crippen LogP contribution >= 0.6 is 11.6 Å². The highest BCUT2D eigenvalue weighted by atomic mass is 35.5. The van der Waals surface area contributed by atoms with Gasteiger partial charge in [0.05, 0.1) is 0 Å². The highest BCUT2D eigenvalue weighted by Crippen LogP contribution is 2.27. The third kappa shape index (κ3) is 5.03. The van der Waals surface area contributed by atoms with E-state index in [4.69, 9.17) is 16.3 Å². The molecule has 0 fully saturated rings. The highest BCUT2D eigenvalue weighted by molar-refractivity contribution is 6.30. The number of anilines is 1. The minimum atomic E-state index is -0.643. The van der Waals surface area contributed by atoms with Crippen LogP contribution in [-0.4, -0.2) is 31.1 Å². The Morgan fingerprint density at radius 3 is 2.74 bits per heavy atom. The van der Waals surface area contributed by atoms with Crippen molar-refractivity contribution in [2.24, 2.45) is 0 Å². The van der Waals surface area contributed by atoms with Gasteiger partial charge in [-0.1, -0.05) is 18.5 Å². The minimum absolute atomic E-state index is 0.223. The molecule has 1 N–H and O–H groups in total. The molecule has 0 bridgehead atoms. The molecule has 2 aromatic heterocycles. The van der Waals surface area contributed by atoms with Crippen molar-refractivity contribution in [2.75, 3.05) is 5.32 Å². The Morgan fingerprint density at radius 2 is 2.03 bits per heavy atom. The van der Waals surface area contributed by atoms with Crippen LogP contribution in [0.1, 0.15) is 30.5 Å². The van der Waals surface area contributed by atoms with E-state index in [-0.39, 0.29) is 11.8 Å². The molecule has 1 atom stereocenters. The van der Waals surface area contributed by atoms with Crippen LogP contribution in [0.5, 0.6) is 11.6 Å². The third-order valence-electron chi connectivity index (χ3n) is 5.06. The Labute approximate surface area is 201 Å². The van der Waals surface area contributed by atoms with Crippen molar-refractivity contribution in [2.45, 2.75) is 26.3 Å². The van der Waals surface area contributed by atoms with Crippen LogP contribution in [0.4, 0.5) is 5.69 Å². The number of nitrogens with one attached hydrogen (secondary N) is 1. The van der Waals surface area contributed by atoms with Crippen molar-refractivity contribution in [3.05, 3.63) is 76.9 Å². The number of halogens is 1. The Balaban J connectivity index is 1.48. The second-order valence-corrected chi connectivity index (χ2v) is 7.84.